The summed E-state index contributed by atoms with van der Waals surface area (Å²) in [5.41, 5.74) is 0.976. The lowest BCUT2D eigenvalue weighted by atomic mass is 9.95. The van der Waals surface area contributed by atoms with E-state index in [0.29, 0.717) is 18.5 Å². The molecule has 1 aromatic heterocycles. The Morgan fingerprint density at radius 2 is 2.17 bits per heavy atom. The second kappa shape index (κ2) is 6.79. The molecule has 0 saturated carbocycles. The van der Waals surface area contributed by atoms with E-state index >= 15 is 0 Å². The molecule has 2 heterocycles. The molecular formula is C16H17FN4O3. The van der Waals surface area contributed by atoms with Gasteiger partial charge in [-0.2, -0.15) is 0 Å². The van der Waals surface area contributed by atoms with Gasteiger partial charge in [0.25, 0.3) is 11.5 Å². The van der Waals surface area contributed by atoms with Crippen LogP contribution in [0, 0.1) is 5.82 Å². The summed E-state index contributed by atoms with van der Waals surface area (Å²) in [5.74, 6) is -0.815. The van der Waals surface area contributed by atoms with Crippen molar-refractivity contribution in [1.82, 2.24) is 20.2 Å². The molecule has 1 aliphatic rings. The van der Waals surface area contributed by atoms with Crippen LogP contribution in [0.4, 0.5) is 4.39 Å². The highest BCUT2D eigenvalue weighted by Crippen LogP contribution is 2.20. The van der Waals surface area contributed by atoms with Gasteiger partial charge < -0.3 is 10.6 Å². The van der Waals surface area contributed by atoms with Gasteiger partial charge in [-0.25, -0.2) is 9.18 Å². The van der Waals surface area contributed by atoms with E-state index in [-0.39, 0.29) is 19.0 Å². The smallest absolute Gasteiger partial charge is 0.328 e. The first-order chi connectivity index (χ1) is 11.5. The number of aromatic amines is 1. The van der Waals surface area contributed by atoms with Gasteiger partial charge in [0, 0.05) is 37.5 Å². The number of H-pyrrole nitrogens is 1. The first kappa shape index (κ1) is 16.1. The molecule has 0 atom stereocenters. The zero-order valence-corrected chi connectivity index (χ0v) is 12.9. The molecule has 1 aromatic carbocycles. The third kappa shape index (κ3) is 3.43. The molecule has 7 nitrogen and oxygen atoms in total. The Hall–Kier alpha value is -2.74. The van der Waals surface area contributed by atoms with E-state index in [1.165, 1.54) is 29.0 Å². The predicted octanol–water partition coefficient (Wildman–Crippen LogP) is -0.249. The van der Waals surface area contributed by atoms with Crippen molar-refractivity contribution >= 4 is 5.91 Å². The minimum Gasteiger partial charge on any atom is -0.350 e. The van der Waals surface area contributed by atoms with Crippen molar-refractivity contribution in [3.63, 3.8) is 0 Å². The summed E-state index contributed by atoms with van der Waals surface area (Å²) in [6, 6.07) is 3.92. The van der Waals surface area contributed by atoms with Gasteiger partial charge in [-0.15, -0.1) is 0 Å². The molecule has 126 valence electrons. The SMILES string of the molecule is O=C(NCCn1ccc(=O)[nH]c1=O)c1cc(F)cc2c1CCNC2. The van der Waals surface area contributed by atoms with Gasteiger partial charge in [-0.05, 0) is 36.2 Å². The Morgan fingerprint density at radius 1 is 1.33 bits per heavy atom. The van der Waals surface area contributed by atoms with Crippen molar-refractivity contribution in [3.05, 3.63) is 67.7 Å². The monoisotopic (exact) mass is 332 g/mol. The fraction of sp³-hybridized carbons (Fsp3) is 0.312. The molecule has 8 heteroatoms. The standard InChI is InChI=1S/C16H17FN4O3/c17-11-7-10-9-18-3-1-12(10)13(8-11)15(23)19-4-6-21-5-2-14(22)20-16(21)24/h2,5,7-8,18H,1,3-4,6,9H2,(H,19,23)(H,20,22,24). The first-order valence-electron chi connectivity index (χ1n) is 7.64. The Balaban J connectivity index is 1.70. The topological polar surface area (TPSA) is 96.0 Å². The zero-order chi connectivity index (χ0) is 17.1. The Labute approximate surface area is 136 Å². The maximum absolute atomic E-state index is 13.7. The molecule has 0 unspecified atom stereocenters. The van der Waals surface area contributed by atoms with E-state index in [9.17, 15) is 18.8 Å². The molecule has 24 heavy (non-hydrogen) atoms. The predicted molar refractivity (Wildman–Crippen MR) is 85.5 cm³/mol. The van der Waals surface area contributed by atoms with Crippen molar-refractivity contribution in [2.75, 3.05) is 13.1 Å². The Bertz CT molecular complexity index is 888. The molecule has 3 N–H and O–H groups in total. The van der Waals surface area contributed by atoms with Crippen LogP contribution in [0.1, 0.15) is 21.5 Å². The Morgan fingerprint density at radius 3 is 2.96 bits per heavy atom. The number of aromatic nitrogens is 2. The van der Waals surface area contributed by atoms with Crippen molar-refractivity contribution in [2.45, 2.75) is 19.5 Å². The first-order valence-corrected chi connectivity index (χ1v) is 7.64. The zero-order valence-electron chi connectivity index (χ0n) is 12.9. The van der Waals surface area contributed by atoms with Gasteiger partial charge in [0.1, 0.15) is 5.82 Å². The summed E-state index contributed by atoms with van der Waals surface area (Å²) in [6.45, 7) is 1.68. The average molecular weight is 332 g/mol. The largest absolute Gasteiger partial charge is 0.350 e. The maximum Gasteiger partial charge on any atom is 0.328 e. The number of nitrogens with zero attached hydrogens (tertiary/aromatic N) is 1. The fourth-order valence-corrected chi connectivity index (χ4v) is 2.79. The molecule has 0 fully saturated rings. The number of rotatable bonds is 4. The Kier molecular flexibility index (Phi) is 4.57. The van der Waals surface area contributed by atoms with Crippen LogP contribution in [0.25, 0.3) is 0 Å². The van der Waals surface area contributed by atoms with E-state index in [0.717, 1.165) is 17.7 Å². The van der Waals surface area contributed by atoms with Gasteiger partial charge in [-0.3, -0.25) is 19.1 Å². The molecule has 3 rings (SSSR count). The summed E-state index contributed by atoms with van der Waals surface area (Å²) in [7, 11) is 0. The number of carbonyl (C=O) groups excluding carboxylic acids is 1. The van der Waals surface area contributed by atoms with Crippen LogP contribution in [-0.4, -0.2) is 28.5 Å². The minimum absolute atomic E-state index is 0.189. The van der Waals surface area contributed by atoms with Crippen molar-refractivity contribution in [3.8, 4) is 0 Å². The van der Waals surface area contributed by atoms with Crippen molar-refractivity contribution in [1.29, 1.82) is 0 Å². The van der Waals surface area contributed by atoms with Crippen molar-refractivity contribution in [2.24, 2.45) is 0 Å². The van der Waals surface area contributed by atoms with Gasteiger partial charge in [-0.1, -0.05) is 0 Å². The number of hydrogen-bond donors (Lipinski definition) is 3. The number of amides is 1. The summed E-state index contributed by atoms with van der Waals surface area (Å²) in [6.07, 6.45) is 2.03. The van der Waals surface area contributed by atoms with E-state index in [1.54, 1.807) is 0 Å². The number of hydrogen-bond acceptors (Lipinski definition) is 4. The van der Waals surface area contributed by atoms with Gasteiger partial charge >= 0.3 is 5.69 Å². The summed E-state index contributed by atoms with van der Waals surface area (Å²) in [5, 5.41) is 5.83. The average Bonchev–Trinajstić information content (AvgIpc) is 2.56. The molecule has 0 aliphatic carbocycles. The van der Waals surface area contributed by atoms with E-state index < -0.39 is 17.1 Å². The summed E-state index contributed by atoms with van der Waals surface area (Å²) >= 11 is 0. The normalized spacial score (nSPS) is 13.4. The second-order valence-corrected chi connectivity index (χ2v) is 5.58. The highest BCUT2D eigenvalue weighted by Gasteiger charge is 2.19. The molecular weight excluding hydrogens is 315 g/mol. The van der Waals surface area contributed by atoms with Crippen LogP contribution in [0.15, 0.2) is 34.0 Å². The van der Waals surface area contributed by atoms with Crippen LogP contribution in [0.5, 0.6) is 0 Å². The number of halogens is 1. The number of benzene rings is 1. The lowest BCUT2D eigenvalue weighted by Gasteiger charge is -2.20. The molecule has 0 spiro atoms. The lowest BCUT2D eigenvalue weighted by molar-refractivity contribution is 0.0950. The fourth-order valence-electron chi connectivity index (χ4n) is 2.79. The highest BCUT2D eigenvalue weighted by molar-refractivity contribution is 5.96. The summed E-state index contributed by atoms with van der Waals surface area (Å²) < 4.78 is 15.0. The van der Waals surface area contributed by atoms with Gasteiger partial charge in [0.05, 0.1) is 0 Å². The van der Waals surface area contributed by atoms with E-state index in [2.05, 4.69) is 15.6 Å². The quantitative estimate of drug-likeness (QED) is 0.719. The molecule has 0 bridgehead atoms. The minimum atomic E-state index is -0.536. The van der Waals surface area contributed by atoms with Gasteiger partial charge in [0.15, 0.2) is 0 Å². The van der Waals surface area contributed by atoms with Crippen LogP contribution in [-0.2, 0) is 19.5 Å². The second-order valence-electron chi connectivity index (χ2n) is 5.58. The number of fused-ring (bicyclic) bond motifs is 1. The number of carbonyl (C=O) groups is 1. The van der Waals surface area contributed by atoms with E-state index in [4.69, 9.17) is 0 Å². The molecule has 0 saturated heterocycles. The molecule has 1 amide bonds. The third-order valence-corrected chi connectivity index (χ3v) is 3.95. The van der Waals surface area contributed by atoms with E-state index in [1.807, 2.05) is 0 Å². The molecule has 1 aliphatic heterocycles. The van der Waals surface area contributed by atoms with Crippen LogP contribution >= 0.6 is 0 Å². The number of nitrogens with one attached hydrogen (secondary N) is 3. The van der Waals surface area contributed by atoms with Crippen LogP contribution in [0.3, 0.4) is 0 Å². The van der Waals surface area contributed by atoms with Crippen LogP contribution < -0.4 is 21.9 Å². The van der Waals surface area contributed by atoms with Gasteiger partial charge in [0.2, 0.25) is 0 Å². The highest BCUT2D eigenvalue weighted by atomic mass is 19.1. The molecule has 2 aromatic rings. The van der Waals surface area contributed by atoms with Crippen molar-refractivity contribution < 1.29 is 9.18 Å². The third-order valence-electron chi connectivity index (χ3n) is 3.95. The molecule has 0 radical (unpaired) electrons. The summed E-state index contributed by atoms with van der Waals surface area (Å²) in [4.78, 5) is 37.1. The van der Waals surface area contributed by atoms with Crippen LogP contribution in [0.2, 0.25) is 0 Å². The lowest BCUT2D eigenvalue weighted by Crippen LogP contribution is -2.35. The maximum atomic E-state index is 13.7.